The number of piperidine rings is 1. The Labute approximate surface area is 123 Å². The van der Waals surface area contributed by atoms with Crippen LogP contribution in [0.3, 0.4) is 0 Å². The van der Waals surface area contributed by atoms with E-state index in [1.165, 1.54) is 10.4 Å². The summed E-state index contributed by atoms with van der Waals surface area (Å²) in [6, 6.07) is 3.53. The molecule has 0 saturated carbocycles. The maximum absolute atomic E-state index is 12.9. The summed E-state index contributed by atoms with van der Waals surface area (Å²) in [5.41, 5.74) is 5.75. The fraction of sp³-hybridized carbons (Fsp3) is 0.500. The molecular weight excluding hydrogens is 305 g/mol. The number of rotatable bonds is 4. The van der Waals surface area contributed by atoms with E-state index in [2.05, 4.69) is 4.72 Å². The smallest absolute Gasteiger partial charge is 0.301 e. The van der Waals surface area contributed by atoms with Crippen molar-refractivity contribution in [3.05, 3.63) is 29.0 Å². The molecule has 0 bridgehead atoms. The van der Waals surface area contributed by atoms with Crippen LogP contribution in [-0.4, -0.2) is 32.4 Å². The summed E-state index contributed by atoms with van der Waals surface area (Å²) in [7, 11) is -3.67. The minimum atomic E-state index is -3.67. The molecule has 8 heteroatoms. The van der Waals surface area contributed by atoms with E-state index in [-0.39, 0.29) is 10.7 Å². The van der Waals surface area contributed by atoms with Crippen LogP contribution in [0.1, 0.15) is 12.8 Å². The first-order valence-electron chi connectivity index (χ1n) is 6.35. The normalized spacial score (nSPS) is 18.1. The van der Waals surface area contributed by atoms with Gasteiger partial charge in [-0.25, -0.2) is 4.39 Å². The number of nitrogens with one attached hydrogen (secondary N) is 1. The Balaban J connectivity index is 2.08. The number of hydrogen-bond donors (Lipinski definition) is 2. The number of halogens is 2. The molecule has 3 N–H and O–H groups in total. The number of nitrogens with two attached hydrogens (primary N) is 1. The topological polar surface area (TPSA) is 75.4 Å². The van der Waals surface area contributed by atoms with Crippen LogP contribution >= 0.6 is 11.6 Å². The highest BCUT2D eigenvalue weighted by Gasteiger charge is 2.27. The van der Waals surface area contributed by atoms with Gasteiger partial charge < -0.3 is 5.73 Å². The van der Waals surface area contributed by atoms with Gasteiger partial charge in [-0.1, -0.05) is 11.6 Å². The summed E-state index contributed by atoms with van der Waals surface area (Å²) in [6.45, 7) is 1.43. The predicted molar refractivity (Wildman–Crippen MR) is 77.3 cm³/mol. The Kier molecular flexibility index (Phi) is 4.85. The number of anilines is 1. The van der Waals surface area contributed by atoms with Gasteiger partial charge in [0.15, 0.2) is 0 Å². The molecule has 0 aromatic heterocycles. The highest BCUT2D eigenvalue weighted by atomic mass is 35.5. The van der Waals surface area contributed by atoms with Crippen molar-refractivity contribution in [3.63, 3.8) is 0 Å². The van der Waals surface area contributed by atoms with Crippen molar-refractivity contribution in [3.8, 4) is 0 Å². The third-order valence-corrected chi connectivity index (χ3v) is 5.25. The average Bonchev–Trinajstić information content (AvgIpc) is 2.42. The summed E-state index contributed by atoms with van der Waals surface area (Å²) < 4.78 is 41.1. The van der Waals surface area contributed by atoms with Gasteiger partial charge in [0, 0.05) is 13.1 Å². The van der Waals surface area contributed by atoms with Crippen LogP contribution in [0.15, 0.2) is 18.2 Å². The molecule has 0 unspecified atom stereocenters. The standard InChI is InChI=1S/C12H17ClFN3O2S/c13-11-7-10(14)1-2-12(11)16-20(18,19)17-5-3-9(8-15)4-6-17/h1-2,7,9,16H,3-6,8,15H2. The van der Waals surface area contributed by atoms with E-state index in [1.54, 1.807) is 0 Å². The quantitative estimate of drug-likeness (QED) is 0.888. The van der Waals surface area contributed by atoms with Gasteiger partial charge in [0.2, 0.25) is 0 Å². The third-order valence-electron chi connectivity index (χ3n) is 3.42. The zero-order chi connectivity index (χ0) is 14.8. The van der Waals surface area contributed by atoms with E-state index in [1.807, 2.05) is 0 Å². The van der Waals surface area contributed by atoms with Crippen LogP contribution in [0.5, 0.6) is 0 Å². The molecule has 112 valence electrons. The maximum Gasteiger partial charge on any atom is 0.301 e. The Morgan fingerprint density at radius 2 is 2.05 bits per heavy atom. The zero-order valence-corrected chi connectivity index (χ0v) is 12.4. The lowest BCUT2D eigenvalue weighted by molar-refractivity contribution is 0.280. The zero-order valence-electron chi connectivity index (χ0n) is 10.9. The SMILES string of the molecule is NCC1CCN(S(=O)(=O)Nc2ccc(F)cc2Cl)CC1. The second-order valence-corrected chi connectivity index (χ2v) is 6.89. The molecule has 1 saturated heterocycles. The summed E-state index contributed by atoms with van der Waals surface area (Å²) in [5, 5.41) is 0.0328. The van der Waals surface area contributed by atoms with Crippen LogP contribution < -0.4 is 10.5 Å². The van der Waals surface area contributed by atoms with E-state index in [9.17, 15) is 12.8 Å². The fourth-order valence-corrected chi connectivity index (χ4v) is 3.71. The number of benzene rings is 1. The summed E-state index contributed by atoms with van der Waals surface area (Å²) in [5.74, 6) is -0.141. The van der Waals surface area contributed by atoms with Gasteiger partial charge in [-0.15, -0.1) is 0 Å². The van der Waals surface area contributed by atoms with Crippen molar-refractivity contribution in [2.75, 3.05) is 24.4 Å². The van der Waals surface area contributed by atoms with Crippen molar-refractivity contribution in [1.29, 1.82) is 0 Å². The first-order chi connectivity index (χ1) is 9.42. The van der Waals surface area contributed by atoms with Crippen LogP contribution in [0.4, 0.5) is 10.1 Å². The number of nitrogens with zero attached hydrogens (tertiary/aromatic N) is 1. The Bertz CT molecular complexity index is 574. The number of hydrogen-bond acceptors (Lipinski definition) is 3. The van der Waals surface area contributed by atoms with E-state index >= 15 is 0 Å². The first kappa shape index (κ1) is 15.5. The molecule has 1 aliphatic heterocycles. The molecule has 0 atom stereocenters. The molecule has 0 radical (unpaired) electrons. The largest absolute Gasteiger partial charge is 0.330 e. The molecule has 2 rings (SSSR count). The highest BCUT2D eigenvalue weighted by molar-refractivity contribution is 7.90. The minimum absolute atomic E-state index is 0.0328. The van der Waals surface area contributed by atoms with Crippen molar-refractivity contribution < 1.29 is 12.8 Å². The fourth-order valence-electron chi connectivity index (χ4n) is 2.16. The van der Waals surface area contributed by atoms with Gasteiger partial charge in [-0.3, -0.25) is 4.72 Å². The van der Waals surface area contributed by atoms with Crippen LogP contribution in [-0.2, 0) is 10.2 Å². The lowest BCUT2D eigenvalue weighted by atomic mass is 9.99. The monoisotopic (exact) mass is 321 g/mol. The predicted octanol–water partition coefficient (Wildman–Crippen LogP) is 1.81. The highest BCUT2D eigenvalue weighted by Crippen LogP contribution is 2.25. The second-order valence-electron chi connectivity index (χ2n) is 4.81. The molecule has 1 aromatic carbocycles. The minimum Gasteiger partial charge on any atom is -0.330 e. The summed E-state index contributed by atoms with van der Waals surface area (Å²) in [6.07, 6.45) is 1.49. The van der Waals surface area contributed by atoms with Crippen LogP contribution in [0.2, 0.25) is 5.02 Å². The van der Waals surface area contributed by atoms with E-state index in [0.29, 0.717) is 25.6 Å². The Morgan fingerprint density at radius 3 is 2.60 bits per heavy atom. The van der Waals surface area contributed by atoms with Crippen molar-refractivity contribution in [1.82, 2.24) is 4.31 Å². The van der Waals surface area contributed by atoms with Crippen LogP contribution in [0, 0.1) is 11.7 Å². The third kappa shape index (κ3) is 3.60. The average molecular weight is 322 g/mol. The van der Waals surface area contributed by atoms with E-state index < -0.39 is 16.0 Å². The van der Waals surface area contributed by atoms with Crippen LogP contribution in [0.25, 0.3) is 0 Å². The van der Waals surface area contributed by atoms with Crippen molar-refractivity contribution in [2.24, 2.45) is 11.7 Å². The van der Waals surface area contributed by atoms with E-state index in [4.69, 9.17) is 17.3 Å². The molecule has 1 fully saturated rings. The van der Waals surface area contributed by atoms with Crippen molar-refractivity contribution >= 4 is 27.5 Å². The molecule has 0 aliphatic carbocycles. The molecule has 1 aromatic rings. The maximum atomic E-state index is 12.9. The first-order valence-corrected chi connectivity index (χ1v) is 8.17. The Morgan fingerprint density at radius 1 is 1.40 bits per heavy atom. The van der Waals surface area contributed by atoms with Gasteiger partial charge >= 0.3 is 10.2 Å². The summed E-state index contributed by atoms with van der Waals surface area (Å²) >= 11 is 5.82. The molecule has 0 spiro atoms. The second kappa shape index (κ2) is 6.26. The molecule has 1 heterocycles. The van der Waals surface area contributed by atoms with Gasteiger partial charge in [0.25, 0.3) is 0 Å². The Hall–Kier alpha value is -0.890. The lowest BCUT2D eigenvalue weighted by Gasteiger charge is -2.30. The van der Waals surface area contributed by atoms with Gasteiger partial charge in [-0.05, 0) is 43.5 Å². The molecule has 0 amide bonds. The molecule has 20 heavy (non-hydrogen) atoms. The molecular formula is C12H17ClFN3O2S. The van der Waals surface area contributed by atoms with E-state index in [0.717, 1.165) is 25.0 Å². The molecule has 1 aliphatic rings. The molecule has 5 nitrogen and oxygen atoms in total. The van der Waals surface area contributed by atoms with Gasteiger partial charge in [0.05, 0.1) is 10.7 Å². The van der Waals surface area contributed by atoms with Crippen molar-refractivity contribution in [2.45, 2.75) is 12.8 Å². The van der Waals surface area contributed by atoms with Gasteiger partial charge in [0.1, 0.15) is 5.82 Å². The van der Waals surface area contributed by atoms with Gasteiger partial charge in [-0.2, -0.15) is 12.7 Å². The summed E-state index contributed by atoms with van der Waals surface area (Å²) in [4.78, 5) is 0. The lowest BCUT2D eigenvalue weighted by Crippen LogP contribution is -2.42.